The molecule has 0 saturated heterocycles. The van der Waals surface area contributed by atoms with Crippen molar-refractivity contribution in [2.75, 3.05) is 0 Å². The number of rotatable bonds is 6. The number of nitrogens with zero attached hydrogens (tertiary/aromatic N) is 3. The molecule has 1 aromatic heterocycles. The predicted molar refractivity (Wildman–Crippen MR) is 214 cm³/mol. The van der Waals surface area contributed by atoms with Gasteiger partial charge in [0.15, 0.2) is 19.7 Å². The Bertz CT molecular complexity index is 2280. The van der Waals surface area contributed by atoms with E-state index in [4.69, 9.17) is 15.0 Å². The van der Waals surface area contributed by atoms with Gasteiger partial charge in [0.05, 0.1) is 0 Å². The van der Waals surface area contributed by atoms with E-state index in [-0.39, 0.29) is 0 Å². The van der Waals surface area contributed by atoms with E-state index in [1.807, 2.05) is 54.6 Å². The molecule has 0 aliphatic carbocycles. The molecule has 0 saturated carbocycles. The van der Waals surface area contributed by atoms with Crippen LogP contribution in [0.2, 0.25) is 0 Å². The summed E-state index contributed by atoms with van der Waals surface area (Å²) in [4.78, 5) is 15.1. The number of benzene rings is 7. The van der Waals surface area contributed by atoms with Gasteiger partial charge >= 0.3 is 0 Å². The Morgan fingerprint density at radius 3 is 1.37 bits per heavy atom. The average Bonchev–Trinajstić information content (AvgIpc) is 3.52. The van der Waals surface area contributed by atoms with Crippen LogP contribution < -0.4 is 20.7 Å². The molecule has 2 heterocycles. The van der Waals surface area contributed by atoms with Gasteiger partial charge in [0, 0.05) is 17.5 Å². The molecule has 1 aliphatic rings. The Labute approximate surface area is 301 Å². The summed E-state index contributed by atoms with van der Waals surface area (Å²) in [6, 6.07) is 68.7. The molecule has 0 radical (unpaired) electrons. The third kappa shape index (κ3) is 6.22. The standard InChI is InChI=1S/C40H29N3Si.C7H8/c1-5-16-29(17-6-1)39-41-37(42-40(43-39)30-18-7-2-8-19-30)28-31-20-15-26-35-34-25-13-14-27-36(34)44(38(31)35,32-21-9-3-10-22-32)33-23-11-4-12-24-33;1-7-5-3-2-4-6-7/h1-27H,28H2;2-6H,1H3. The first kappa shape index (κ1) is 32.0. The first-order valence-corrected chi connectivity index (χ1v) is 19.4. The van der Waals surface area contributed by atoms with E-state index >= 15 is 0 Å². The van der Waals surface area contributed by atoms with Crippen LogP contribution in [0.5, 0.6) is 0 Å². The fourth-order valence-corrected chi connectivity index (χ4v) is 12.8. The molecule has 3 nitrogen and oxygen atoms in total. The first-order chi connectivity index (χ1) is 25.2. The molecule has 51 heavy (non-hydrogen) atoms. The Morgan fingerprint density at radius 2 is 0.863 bits per heavy atom. The molecular formula is C47H37N3Si. The van der Waals surface area contributed by atoms with Crippen LogP contribution in [-0.4, -0.2) is 23.0 Å². The minimum Gasteiger partial charge on any atom is -0.213 e. The highest BCUT2D eigenvalue weighted by atomic mass is 28.3. The van der Waals surface area contributed by atoms with Gasteiger partial charge in [-0.1, -0.05) is 200 Å². The molecule has 244 valence electrons. The van der Waals surface area contributed by atoms with Gasteiger partial charge in [-0.15, -0.1) is 0 Å². The van der Waals surface area contributed by atoms with Crippen molar-refractivity contribution in [3.63, 3.8) is 0 Å². The van der Waals surface area contributed by atoms with Gasteiger partial charge in [-0.2, -0.15) is 0 Å². The van der Waals surface area contributed by atoms with Crippen molar-refractivity contribution in [2.24, 2.45) is 0 Å². The molecule has 9 rings (SSSR count). The number of hydrogen-bond donors (Lipinski definition) is 0. The maximum absolute atomic E-state index is 5.09. The molecule has 1 aliphatic heterocycles. The summed E-state index contributed by atoms with van der Waals surface area (Å²) in [6.07, 6.45) is 0.605. The second kappa shape index (κ2) is 14.3. The zero-order valence-electron chi connectivity index (χ0n) is 28.5. The fourth-order valence-electron chi connectivity index (χ4n) is 7.37. The highest BCUT2D eigenvalue weighted by Gasteiger charge is 2.49. The summed E-state index contributed by atoms with van der Waals surface area (Å²) in [6.45, 7) is 2.08. The van der Waals surface area contributed by atoms with Crippen molar-refractivity contribution in [3.05, 3.63) is 211 Å². The lowest BCUT2D eigenvalue weighted by Crippen LogP contribution is -2.73. The quantitative estimate of drug-likeness (QED) is 0.168. The Hall–Kier alpha value is -6.23. The van der Waals surface area contributed by atoms with Crippen LogP contribution in [0.25, 0.3) is 33.9 Å². The van der Waals surface area contributed by atoms with Gasteiger partial charge in [-0.3, -0.25) is 0 Å². The zero-order valence-corrected chi connectivity index (χ0v) is 29.5. The van der Waals surface area contributed by atoms with Gasteiger partial charge in [-0.05, 0) is 44.4 Å². The second-order valence-corrected chi connectivity index (χ2v) is 16.5. The van der Waals surface area contributed by atoms with E-state index in [0.717, 1.165) is 17.0 Å². The summed E-state index contributed by atoms with van der Waals surface area (Å²) in [7, 11) is -2.65. The van der Waals surface area contributed by atoms with Crippen molar-refractivity contribution in [1.82, 2.24) is 15.0 Å². The van der Waals surface area contributed by atoms with Crippen LogP contribution in [0.15, 0.2) is 194 Å². The Kier molecular flexibility index (Phi) is 8.98. The van der Waals surface area contributed by atoms with Gasteiger partial charge in [0.2, 0.25) is 0 Å². The molecule has 0 unspecified atom stereocenters. The fraction of sp³-hybridized carbons (Fsp3) is 0.0426. The first-order valence-electron chi connectivity index (χ1n) is 17.4. The van der Waals surface area contributed by atoms with Gasteiger partial charge in [-0.25, -0.2) is 15.0 Å². The van der Waals surface area contributed by atoms with Gasteiger partial charge in [0.25, 0.3) is 0 Å². The lowest BCUT2D eigenvalue weighted by atomic mass is 10.0. The summed E-state index contributed by atoms with van der Waals surface area (Å²) >= 11 is 0. The lowest BCUT2D eigenvalue weighted by Gasteiger charge is -2.32. The van der Waals surface area contributed by atoms with E-state index in [2.05, 4.69) is 146 Å². The summed E-state index contributed by atoms with van der Waals surface area (Å²) in [5.74, 6) is 2.16. The molecule has 0 fully saturated rings. The normalized spacial score (nSPS) is 12.3. The SMILES string of the molecule is Cc1ccccc1.c1ccc(-c2nc(Cc3cccc4c3[Si](c3ccccc3)(c3ccccc3)c3ccccc3-4)nc(-c3ccccc3)n2)cc1. The monoisotopic (exact) mass is 671 g/mol. The summed E-state index contributed by atoms with van der Waals surface area (Å²) in [5.41, 5.74) is 7.20. The number of fused-ring (bicyclic) bond motifs is 3. The minimum atomic E-state index is -2.65. The maximum atomic E-state index is 5.09. The zero-order chi connectivity index (χ0) is 34.5. The van der Waals surface area contributed by atoms with Crippen LogP contribution in [-0.2, 0) is 6.42 Å². The molecule has 0 atom stereocenters. The molecule has 8 aromatic rings. The molecule has 0 bridgehead atoms. The van der Waals surface area contributed by atoms with Crippen molar-refractivity contribution in [3.8, 4) is 33.9 Å². The predicted octanol–water partition coefficient (Wildman–Crippen LogP) is 8.15. The lowest BCUT2D eigenvalue weighted by molar-refractivity contribution is 0.935. The topological polar surface area (TPSA) is 38.7 Å². The van der Waals surface area contributed by atoms with E-state index in [1.165, 1.54) is 43.0 Å². The molecule has 0 spiro atoms. The van der Waals surface area contributed by atoms with Crippen LogP contribution in [0.4, 0.5) is 0 Å². The van der Waals surface area contributed by atoms with Crippen molar-refractivity contribution >= 4 is 28.8 Å². The Balaban J connectivity index is 0.000000480. The Morgan fingerprint density at radius 1 is 0.412 bits per heavy atom. The van der Waals surface area contributed by atoms with Gasteiger partial charge < -0.3 is 0 Å². The largest absolute Gasteiger partial charge is 0.213 e. The van der Waals surface area contributed by atoms with Crippen molar-refractivity contribution < 1.29 is 0 Å². The third-order valence-corrected chi connectivity index (χ3v) is 14.6. The molecule has 7 aromatic carbocycles. The third-order valence-electron chi connectivity index (χ3n) is 9.60. The highest BCUT2D eigenvalue weighted by Crippen LogP contribution is 2.31. The molecule has 0 N–H and O–H groups in total. The van der Waals surface area contributed by atoms with Gasteiger partial charge in [0.1, 0.15) is 5.82 Å². The van der Waals surface area contributed by atoms with E-state index in [0.29, 0.717) is 18.1 Å². The molecular weight excluding hydrogens is 635 g/mol. The van der Waals surface area contributed by atoms with Crippen LogP contribution in [0, 0.1) is 6.92 Å². The molecule has 4 heteroatoms. The highest BCUT2D eigenvalue weighted by molar-refractivity contribution is 7.22. The van der Waals surface area contributed by atoms with Crippen LogP contribution in [0.1, 0.15) is 17.0 Å². The van der Waals surface area contributed by atoms with Crippen LogP contribution >= 0.6 is 0 Å². The van der Waals surface area contributed by atoms with E-state index in [9.17, 15) is 0 Å². The van der Waals surface area contributed by atoms with E-state index in [1.54, 1.807) is 0 Å². The summed E-state index contributed by atoms with van der Waals surface area (Å²) in [5, 5.41) is 5.64. The minimum absolute atomic E-state index is 0.605. The number of aryl methyl sites for hydroxylation is 1. The van der Waals surface area contributed by atoms with E-state index < -0.39 is 8.07 Å². The number of hydrogen-bond acceptors (Lipinski definition) is 3. The summed E-state index contributed by atoms with van der Waals surface area (Å²) < 4.78 is 0. The van der Waals surface area contributed by atoms with Crippen molar-refractivity contribution in [2.45, 2.75) is 13.3 Å². The van der Waals surface area contributed by atoms with Crippen LogP contribution in [0.3, 0.4) is 0 Å². The second-order valence-electron chi connectivity index (χ2n) is 12.8. The van der Waals surface area contributed by atoms with Crippen molar-refractivity contribution in [1.29, 1.82) is 0 Å². The number of aromatic nitrogens is 3. The average molecular weight is 672 g/mol. The molecule has 0 amide bonds. The maximum Gasteiger partial charge on any atom is 0.181 e. The smallest absolute Gasteiger partial charge is 0.181 e.